The molecule has 2 rings (SSSR count). The van der Waals surface area contributed by atoms with E-state index in [0.717, 1.165) is 51.0 Å². The van der Waals surface area contributed by atoms with Gasteiger partial charge >= 0.3 is 0 Å². The van der Waals surface area contributed by atoms with E-state index >= 15 is 0 Å². The van der Waals surface area contributed by atoms with E-state index < -0.39 is 20.2 Å². The summed E-state index contributed by atoms with van der Waals surface area (Å²) >= 11 is 9.53. The highest BCUT2D eigenvalue weighted by molar-refractivity contribution is 7.86. The van der Waals surface area contributed by atoms with Crippen molar-refractivity contribution in [2.24, 2.45) is 23.7 Å². The fourth-order valence-corrected chi connectivity index (χ4v) is 4.75. The number of aliphatic hydroxyl groups is 2. The van der Waals surface area contributed by atoms with E-state index in [0.29, 0.717) is 11.8 Å². The number of hydrogen-bond acceptors (Lipinski definition) is 8. The lowest BCUT2D eigenvalue weighted by molar-refractivity contribution is 0.0869. The van der Waals surface area contributed by atoms with Crippen LogP contribution in [-0.2, 0) is 28.6 Å². The Labute approximate surface area is 197 Å². The maximum absolute atomic E-state index is 10.9. The fraction of sp³-hybridized carbons (Fsp3) is 1.00. The van der Waals surface area contributed by atoms with Gasteiger partial charge in [0, 0.05) is 13.2 Å². The number of halogens is 2. The summed E-state index contributed by atoms with van der Waals surface area (Å²) in [6.45, 7) is 0.726. The van der Waals surface area contributed by atoms with Crippen LogP contribution in [0.1, 0.15) is 51.4 Å². The van der Waals surface area contributed by atoms with E-state index in [4.69, 9.17) is 41.8 Å². The minimum absolute atomic E-state index is 0.0372. The van der Waals surface area contributed by atoms with Crippen LogP contribution in [0.15, 0.2) is 0 Å². The molecule has 0 unspecified atom stereocenters. The summed E-state index contributed by atoms with van der Waals surface area (Å²) in [5, 5.41) is 18.0. The third-order valence-corrected chi connectivity index (χ3v) is 6.72. The van der Waals surface area contributed by atoms with Crippen LogP contribution in [0, 0.1) is 23.7 Å². The van der Waals surface area contributed by atoms with Crippen molar-refractivity contribution in [1.82, 2.24) is 0 Å². The van der Waals surface area contributed by atoms with Crippen LogP contribution in [0.25, 0.3) is 0 Å². The van der Waals surface area contributed by atoms with Crippen LogP contribution in [0.5, 0.6) is 0 Å². The molecule has 0 aromatic carbocycles. The second-order valence-electron chi connectivity index (χ2n) is 8.05. The van der Waals surface area contributed by atoms with Gasteiger partial charge < -0.3 is 10.2 Å². The van der Waals surface area contributed by atoms with Gasteiger partial charge in [-0.1, -0.05) is 25.7 Å². The van der Waals surface area contributed by atoms with Gasteiger partial charge in [-0.05, 0) is 49.4 Å². The second-order valence-corrected chi connectivity index (χ2v) is 12.1. The first-order valence-electron chi connectivity index (χ1n) is 10.5. The molecule has 2 fully saturated rings. The molecular weight excluding hydrogens is 491 g/mol. The van der Waals surface area contributed by atoms with Crippen molar-refractivity contribution in [1.29, 1.82) is 0 Å². The molecule has 0 aliphatic heterocycles. The van der Waals surface area contributed by atoms with Crippen LogP contribution in [-0.4, -0.2) is 71.3 Å². The van der Waals surface area contributed by atoms with Gasteiger partial charge in [0.2, 0.25) is 0 Å². The van der Waals surface area contributed by atoms with Gasteiger partial charge in [0.15, 0.2) is 0 Å². The minimum atomic E-state index is -3.45. The zero-order chi connectivity index (χ0) is 23.9. The van der Waals surface area contributed by atoms with Crippen LogP contribution < -0.4 is 0 Å². The smallest absolute Gasteiger partial charge is 0.264 e. The average molecular weight is 530 g/mol. The molecule has 2 N–H and O–H groups in total. The van der Waals surface area contributed by atoms with Gasteiger partial charge in [-0.15, -0.1) is 23.2 Å². The summed E-state index contributed by atoms with van der Waals surface area (Å²) in [4.78, 5) is 0. The van der Waals surface area contributed by atoms with E-state index in [-0.39, 0.29) is 43.6 Å². The SMILES string of the molecule is CS(=O)(=O)OC[C@@H]1CCCC[C@H]1COS(C)(=O)=O.ClCCl.OC[C@@H]1CCCC[C@H]1CO. The molecule has 188 valence electrons. The van der Waals surface area contributed by atoms with E-state index in [2.05, 4.69) is 0 Å². The lowest BCUT2D eigenvalue weighted by Crippen LogP contribution is -2.29. The molecule has 12 heteroatoms. The topological polar surface area (TPSA) is 127 Å². The molecule has 0 heterocycles. The van der Waals surface area contributed by atoms with Gasteiger partial charge in [0.1, 0.15) is 0 Å². The highest BCUT2D eigenvalue weighted by atomic mass is 35.5. The summed E-state index contributed by atoms with van der Waals surface area (Å²) in [5.74, 6) is 0.822. The second kappa shape index (κ2) is 16.9. The van der Waals surface area contributed by atoms with Crippen molar-refractivity contribution in [3.8, 4) is 0 Å². The molecule has 0 aromatic rings. The Morgan fingerprint density at radius 3 is 1.16 bits per heavy atom. The molecule has 8 nitrogen and oxygen atoms in total. The van der Waals surface area contributed by atoms with E-state index in [9.17, 15) is 16.8 Å². The molecule has 0 radical (unpaired) electrons. The zero-order valence-corrected chi connectivity index (χ0v) is 21.6. The molecule has 0 spiro atoms. The molecule has 4 atom stereocenters. The Kier molecular flexibility index (Phi) is 17.0. The third kappa shape index (κ3) is 16.6. The van der Waals surface area contributed by atoms with Gasteiger partial charge in [-0.2, -0.15) is 16.8 Å². The summed E-state index contributed by atoms with van der Waals surface area (Å²) in [5.41, 5.74) is 0. The van der Waals surface area contributed by atoms with Crippen LogP contribution >= 0.6 is 23.2 Å². The molecule has 31 heavy (non-hydrogen) atoms. The molecule has 2 saturated carbocycles. The van der Waals surface area contributed by atoms with Crippen molar-refractivity contribution >= 4 is 43.4 Å². The van der Waals surface area contributed by atoms with Gasteiger partial charge in [-0.25, -0.2) is 0 Å². The van der Waals surface area contributed by atoms with E-state index in [1.807, 2.05) is 0 Å². The Morgan fingerprint density at radius 2 is 0.935 bits per heavy atom. The van der Waals surface area contributed by atoms with Crippen LogP contribution in [0.4, 0.5) is 0 Å². The highest BCUT2D eigenvalue weighted by Crippen LogP contribution is 2.31. The Hall–Kier alpha value is 0.320. The predicted octanol–water partition coefficient (Wildman–Crippen LogP) is 2.94. The lowest BCUT2D eigenvalue weighted by Gasteiger charge is -2.30. The van der Waals surface area contributed by atoms with Gasteiger partial charge in [0.05, 0.1) is 31.1 Å². The highest BCUT2D eigenvalue weighted by Gasteiger charge is 2.27. The maximum atomic E-state index is 10.9. The third-order valence-electron chi connectivity index (χ3n) is 5.59. The molecular formula is C19H38Cl2O8S2. The van der Waals surface area contributed by atoms with Crippen molar-refractivity contribution in [3.63, 3.8) is 0 Å². The molecule has 0 aromatic heterocycles. The molecule has 2 aliphatic rings. The molecule has 0 amide bonds. The Bertz CT molecular complexity index is 602. The predicted molar refractivity (Wildman–Crippen MR) is 123 cm³/mol. The van der Waals surface area contributed by atoms with E-state index in [1.165, 1.54) is 12.8 Å². The number of alkyl halides is 2. The first-order valence-corrected chi connectivity index (χ1v) is 15.2. The summed E-state index contributed by atoms with van der Waals surface area (Å²) in [6, 6.07) is 0. The largest absolute Gasteiger partial charge is 0.396 e. The van der Waals surface area contributed by atoms with Gasteiger partial charge in [-0.3, -0.25) is 8.37 Å². The van der Waals surface area contributed by atoms with Crippen molar-refractivity contribution in [2.45, 2.75) is 51.4 Å². The number of hydrogen-bond donors (Lipinski definition) is 2. The molecule has 0 saturated heterocycles. The lowest BCUT2D eigenvalue weighted by atomic mass is 9.80. The summed E-state index contributed by atoms with van der Waals surface area (Å²) in [7, 11) is -6.90. The van der Waals surface area contributed by atoms with Crippen molar-refractivity contribution < 1.29 is 35.4 Å². The normalized spacial score (nSPS) is 26.8. The molecule has 2 aliphatic carbocycles. The summed E-state index contributed by atoms with van der Waals surface area (Å²) < 4.78 is 53.4. The standard InChI is InChI=1S/C10H20O6S2.C8H16O2.CH2Cl2/c1-17(11,12)15-7-9-5-3-4-6-10(9)8-16-18(2,13)14;9-5-7-3-1-2-4-8(7)6-10;2-1-3/h9-10H,3-8H2,1-2H3;7-10H,1-6H2;1H2/t9-,10-;7-,8-;/m00./s1. The van der Waals surface area contributed by atoms with Crippen LogP contribution in [0.2, 0.25) is 0 Å². The first-order chi connectivity index (χ1) is 14.5. The Balaban J connectivity index is 0.000000580. The van der Waals surface area contributed by atoms with Crippen LogP contribution in [0.3, 0.4) is 0 Å². The van der Waals surface area contributed by atoms with Gasteiger partial charge in [0.25, 0.3) is 20.2 Å². The average Bonchev–Trinajstić information content (AvgIpc) is 2.71. The fourth-order valence-electron chi connectivity index (χ4n) is 3.91. The number of aliphatic hydroxyl groups excluding tert-OH is 2. The monoisotopic (exact) mass is 528 g/mol. The first kappa shape index (κ1) is 31.3. The van der Waals surface area contributed by atoms with E-state index in [1.54, 1.807) is 0 Å². The Morgan fingerprint density at radius 1 is 0.677 bits per heavy atom. The number of rotatable bonds is 8. The quantitative estimate of drug-likeness (QED) is 0.363. The van der Waals surface area contributed by atoms with Crippen molar-refractivity contribution in [2.75, 3.05) is 44.3 Å². The molecule has 0 bridgehead atoms. The van der Waals surface area contributed by atoms with Crippen molar-refractivity contribution in [3.05, 3.63) is 0 Å². The zero-order valence-electron chi connectivity index (χ0n) is 18.4. The summed E-state index contributed by atoms with van der Waals surface area (Å²) in [6.07, 6.45) is 10.4. The maximum Gasteiger partial charge on any atom is 0.264 e. The minimum Gasteiger partial charge on any atom is -0.396 e.